The normalized spacial score (nSPS) is 23.5. The van der Waals surface area contributed by atoms with Gasteiger partial charge in [-0.15, -0.1) is 0 Å². The molecule has 1 N–H and O–H groups in total. The Morgan fingerprint density at radius 2 is 2.14 bits per heavy atom. The number of hydrogen-bond acceptors (Lipinski definition) is 2. The lowest BCUT2D eigenvalue weighted by atomic mass is 9.90. The van der Waals surface area contributed by atoms with Gasteiger partial charge in [0.05, 0.1) is 11.0 Å². The highest BCUT2D eigenvalue weighted by Crippen LogP contribution is 2.34. The first-order chi connectivity index (χ1) is 9.62. The van der Waals surface area contributed by atoms with E-state index in [0.29, 0.717) is 25.1 Å². The zero-order valence-corrected chi connectivity index (χ0v) is 12.1. The Balaban J connectivity index is 2.16. The van der Waals surface area contributed by atoms with Crippen molar-refractivity contribution in [3.05, 3.63) is 34.3 Å². The minimum Gasteiger partial charge on any atom is -0.481 e. The molecule has 1 saturated heterocycles. The number of carboxylic acids is 1. The molecule has 0 saturated carbocycles. The van der Waals surface area contributed by atoms with E-state index in [4.69, 9.17) is 16.7 Å². The second kappa shape index (κ2) is 5.50. The van der Waals surface area contributed by atoms with Crippen LogP contribution in [0.1, 0.15) is 24.5 Å². The predicted molar refractivity (Wildman–Crippen MR) is 72.1 cm³/mol. The number of benzene rings is 1. The van der Waals surface area contributed by atoms with Crippen molar-refractivity contribution in [1.82, 2.24) is 4.90 Å². The monoisotopic (exact) mass is 321 g/mol. The molecule has 0 amide bonds. The van der Waals surface area contributed by atoms with Gasteiger partial charge in [-0.25, -0.2) is 0 Å². The highest BCUT2D eigenvalue weighted by molar-refractivity contribution is 6.31. The van der Waals surface area contributed by atoms with Crippen LogP contribution in [0.5, 0.6) is 0 Å². The van der Waals surface area contributed by atoms with Crippen molar-refractivity contribution in [2.24, 2.45) is 5.41 Å². The summed E-state index contributed by atoms with van der Waals surface area (Å²) in [4.78, 5) is 13.0. The first kappa shape index (κ1) is 16.1. The molecule has 0 aliphatic carbocycles. The number of hydrogen-bond donors (Lipinski definition) is 1. The van der Waals surface area contributed by atoms with E-state index in [-0.39, 0.29) is 11.6 Å². The number of halogens is 4. The quantitative estimate of drug-likeness (QED) is 0.923. The molecule has 116 valence electrons. The van der Waals surface area contributed by atoms with Crippen molar-refractivity contribution in [2.45, 2.75) is 26.1 Å². The molecule has 1 aliphatic rings. The number of carbonyl (C=O) groups is 1. The first-order valence-corrected chi connectivity index (χ1v) is 6.81. The molecule has 7 heteroatoms. The second-order valence-corrected chi connectivity index (χ2v) is 6.04. The van der Waals surface area contributed by atoms with E-state index in [0.717, 1.165) is 12.1 Å². The summed E-state index contributed by atoms with van der Waals surface area (Å²) in [6, 6.07) is 3.20. The van der Waals surface area contributed by atoms with Crippen LogP contribution in [0.15, 0.2) is 18.2 Å². The molecule has 1 aliphatic heterocycles. The minimum absolute atomic E-state index is 0.214. The highest BCUT2D eigenvalue weighted by atomic mass is 35.5. The van der Waals surface area contributed by atoms with E-state index in [2.05, 4.69) is 0 Å². The van der Waals surface area contributed by atoms with Gasteiger partial charge in [0.25, 0.3) is 0 Å². The molecule has 1 heterocycles. The number of likely N-dealkylation sites (tertiary alicyclic amines) is 1. The van der Waals surface area contributed by atoms with E-state index < -0.39 is 23.1 Å². The van der Waals surface area contributed by atoms with Crippen LogP contribution in [0.3, 0.4) is 0 Å². The van der Waals surface area contributed by atoms with Gasteiger partial charge in [-0.1, -0.05) is 11.6 Å². The largest absolute Gasteiger partial charge is 0.481 e. The Kier molecular flexibility index (Phi) is 4.22. The van der Waals surface area contributed by atoms with Gasteiger partial charge in [0.2, 0.25) is 0 Å². The van der Waals surface area contributed by atoms with Crippen LogP contribution >= 0.6 is 11.6 Å². The number of carboxylic acid groups (broad SMARTS) is 1. The maximum atomic E-state index is 12.7. The molecule has 0 aromatic heterocycles. The fraction of sp³-hybridized carbons (Fsp3) is 0.500. The van der Waals surface area contributed by atoms with Gasteiger partial charge in [0, 0.05) is 18.1 Å². The Bertz CT molecular complexity index is 562. The zero-order chi connectivity index (χ0) is 15.8. The number of rotatable bonds is 3. The fourth-order valence-corrected chi connectivity index (χ4v) is 2.66. The molecular formula is C14H15ClF3NO2. The van der Waals surface area contributed by atoms with Gasteiger partial charge < -0.3 is 5.11 Å². The highest BCUT2D eigenvalue weighted by Gasteiger charge is 2.40. The average molecular weight is 322 g/mol. The molecular weight excluding hydrogens is 307 g/mol. The molecule has 1 unspecified atom stereocenters. The summed E-state index contributed by atoms with van der Waals surface area (Å²) >= 11 is 5.95. The third-order valence-corrected chi connectivity index (χ3v) is 4.20. The van der Waals surface area contributed by atoms with Crippen molar-refractivity contribution < 1.29 is 23.1 Å². The third kappa shape index (κ3) is 3.49. The van der Waals surface area contributed by atoms with Crippen molar-refractivity contribution in [3.8, 4) is 0 Å². The summed E-state index contributed by atoms with van der Waals surface area (Å²) in [5, 5.41) is 9.42. The molecule has 0 radical (unpaired) electrons. The molecule has 1 aromatic rings. The lowest BCUT2D eigenvalue weighted by Crippen LogP contribution is -2.31. The Morgan fingerprint density at radius 3 is 2.67 bits per heavy atom. The van der Waals surface area contributed by atoms with E-state index in [1.165, 1.54) is 6.07 Å². The Hall–Kier alpha value is -1.27. The van der Waals surface area contributed by atoms with Crippen LogP contribution < -0.4 is 0 Å². The van der Waals surface area contributed by atoms with Crippen LogP contribution in [-0.4, -0.2) is 29.1 Å². The standard InChI is InChI=1S/C14H15ClF3NO2/c1-13(12(20)21)4-5-19(8-13)7-9-6-10(14(16,17)18)2-3-11(9)15/h2-3,6H,4-5,7-8H2,1H3,(H,20,21). The van der Waals surface area contributed by atoms with Gasteiger partial charge in [0.1, 0.15) is 0 Å². The van der Waals surface area contributed by atoms with Crippen LogP contribution in [-0.2, 0) is 17.5 Å². The SMILES string of the molecule is CC1(C(=O)O)CCN(Cc2cc(C(F)(F)F)ccc2Cl)C1. The zero-order valence-electron chi connectivity index (χ0n) is 11.4. The number of nitrogens with zero attached hydrogens (tertiary/aromatic N) is 1. The minimum atomic E-state index is -4.42. The van der Waals surface area contributed by atoms with Crippen LogP contribution in [0, 0.1) is 5.41 Å². The molecule has 1 fully saturated rings. The molecule has 1 aromatic carbocycles. The van der Waals surface area contributed by atoms with Crippen LogP contribution in [0.25, 0.3) is 0 Å². The van der Waals surface area contributed by atoms with Gasteiger partial charge in [-0.05, 0) is 43.7 Å². The fourth-order valence-electron chi connectivity index (χ4n) is 2.48. The molecule has 3 nitrogen and oxygen atoms in total. The predicted octanol–water partition coefficient (Wildman–Crippen LogP) is 3.66. The summed E-state index contributed by atoms with van der Waals surface area (Å²) in [5.74, 6) is -0.889. The van der Waals surface area contributed by atoms with Crippen molar-refractivity contribution >= 4 is 17.6 Å². The summed E-state index contributed by atoms with van der Waals surface area (Å²) in [6.45, 7) is 2.68. The Morgan fingerprint density at radius 1 is 1.48 bits per heavy atom. The maximum Gasteiger partial charge on any atom is 0.416 e. The summed E-state index contributed by atoms with van der Waals surface area (Å²) in [6.07, 6.45) is -3.95. The van der Waals surface area contributed by atoms with Crippen molar-refractivity contribution in [1.29, 1.82) is 0 Å². The van der Waals surface area contributed by atoms with Gasteiger partial charge >= 0.3 is 12.1 Å². The summed E-state index contributed by atoms with van der Waals surface area (Å²) < 4.78 is 38.1. The summed E-state index contributed by atoms with van der Waals surface area (Å²) in [7, 11) is 0. The maximum absolute atomic E-state index is 12.7. The number of aliphatic carboxylic acids is 1. The van der Waals surface area contributed by atoms with Gasteiger partial charge in [-0.2, -0.15) is 13.2 Å². The van der Waals surface area contributed by atoms with Gasteiger partial charge in [0.15, 0.2) is 0 Å². The van der Waals surface area contributed by atoms with E-state index in [1.54, 1.807) is 6.92 Å². The van der Waals surface area contributed by atoms with Crippen LogP contribution in [0.2, 0.25) is 5.02 Å². The topological polar surface area (TPSA) is 40.5 Å². The lowest BCUT2D eigenvalue weighted by molar-refractivity contribution is -0.147. The van der Waals surface area contributed by atoms with Gasteiger partial charge in [-0.3, -0.25) is 9.69 Å². The van der Waals surface area contributed by atoms with Crippen molar-refractivity contribution in [2.75, 3.05) is 13.1 Å². The Labute approximate surface area is 125 Å². The van der Waals surface area contributed by atoms with E-state index >= 15 is 0 Å². The van der Waals surface area contributed by atoms with E-state index in [1.807, 2.05) is 4.90 Å². The molecule has 0 bridgehead atoms. The smallest absolute Gasteiger partial charge is 0.416 e. The van der Waals surface area contributed by atoms with Crippen molar-refractivity contribution in [3.63, 3.8) is 0 Å². The molecule has 0 spiro atoms. The third-order valence-electron chi connectivity index (χ3n) is 3.84. The average Bonchev–Trinajstić information content (AvgIpc) is 2.74. The molecule has 1 atom stereocenters. The second-order valence-electron chi connectivity index (χ2n) is 5.63. The molecule has 2 rings (SSSR count). The summed E-state index contributed by atoms with van der Waals surface area (Å²) in [5.41, 5.74) is -1.24. The molecule has 21 heavy (non-hydrogen) atoms. The number of alkyl halides is 3. The van der Waals surface area contributed by atoms with E-state index in [9.17, 15) is 18.0 Å². The van der Waals surface area contributed by atoms with Crippen LogP contribution in [0.4, 0.5) is 13.2 Å². The first-order valence-electron chi connectivity index (χ1n) is 6.43. The lowest BCUT2D eigenvalue weighted by Gasteiger charge is -2.21.